The fourth-order valence-electron chi connectivity index (χ4n) is 2.80. The van der Waals surface area contributed by atoms with Gasteiger partial charge in [0.15, 0.2) is 0 Å². The van der Waals surface area contributed by atoms with Crippen molar-refractivity contribution >= 4 is 27.4 Å². The summed E-state index contributed by atoms with van der Waals surface area (Å²) in [5.74, 6) is 0.660. The van der Waals surface area contributed by atoms with Crippen LogP contribution in [0.5, 0.6) is 0 Å². The molecule has 2 rings (SSSR count). The minimum absolute atomic E-state index is 0.0582. The highest BCUT2D eigenvalue weighted by atomic mass is 32.2. The smallest absolute Gasteiger partial charge is 0.263 e. The van der Waals surface area contributed by atoms with E-state index in [0.29, 0.717) is 23.6 Å². The van der Waals surface area contributed by atoms with Crippen molar-refractivity contribution in [2.75, 3.05) is 10.0 Å². The van der Waals surface area contributed by atoms with Crippen molar-refractivity contribution < 1.29 is 13.2 Å². The first-order chi connectivity index (χ1) is 13.3. The maximum absolute atomic E-state index is 12.5. The van der Waals surface area contributed by atoms with Crippen molar-refractivity contribution in [1.29, 1.82) is 0 Å². The Morgan fingerprint density at radius 2 is 1.68 bits per heavy atom. The van der Waals surface area contributed by atoms with Gasteiger partial charge in [-0.05, 0) is 44.5 Å². The summed E-state index contributed by atoms with van der Waals surface area (Å²) >= 11 is 0. The maximum atomic E-state index is 12.5. The predicted octanol–water partition coefficient (Wildman–Crippen LogP) is 4.19. The molecule has 7 nitrogen and oxygen atoms in total. The molecule has 0 saturated heterocycles. The largest absolute Gasteiger partial charge is 0.326 e. The number of benzene rings is 1. The molecule has 1 heterocycles. The Kier molecular flexibility index (Phi) is 7.92. The Balaban J connectivity index is 1.94. The van der Waals surface area contributed by atoms with Gasteiger partial charge in [-0.3, -0.25) is 9.52 Å². The van der Waals surface area contributed by atoms with Crippen molar-refractivity contribution in [2.24, 2.45) is 0 Å². The number of carbonyl (C=O) groups excluding carboxylic acids is 1. The van der Waals surface area contributed by atoms with E-state index >= 15 is 0 Å². The molecular formula is C20H28N4O3S. The molecule has 0 atom stereocenters. The lowest BCUT2D eigenvalue weighted by Crippen LogP contribution is -2.15. The molecule has 0 radical (unpaired) electrons. The number of amides is 1. The van der Waals surface area contributed by atoms with Crippen molar-refractivity contribution in [3.05, 3.63) is 41.9 Å². The number of hydrogen-bond donors (Lipinski definition) is 2. The van der Waals surface area contributed by atoms with E-state index in [1.807, 2.05) is 0 Å². The fraction of sp³-hybridized carbons (Fsp3) is 0.450. The Labute approximate surface area is 167 Å². The van der Waals surface area contributed by atoms with Gasteiger partial charge in [-0.15, -0.1) is 0 Å². The van der Waals surface area contributed by atoms with Crippen molar-refractivity contribution in [1.82, 2.24) is 9.97 Å². The molecule has 0 fully saturated rings. The van der Waals surface area contributed by atoms with Crippen LogP contribution in [0.2, 0.25) is 0 Å². The second-order valence-electron chi connectivity index (χ2n) is 6.78. The second-order valence-corrected chi connectivity index (χ2v) is 8.47. The molecule has 2 aromatic rings. The number of aromatic nitrogens is 2. The van der Waals surface area contributed by atoms with Gasteiger partial charge < -0.3 is 5.32 Å². The molecule has 0 aliphatic carbocycles. The first kappa shape index (κ1) is 21.8. The van der Waals surface area contributed by atoms with Crippen LogP contribution in [0, 0.1) is 13.8 Å². The molecule has 8 heteroatoms. The van der Waals surface area contributed by atoms with Crippen LogP contribution in [-0.2, 0) is 14.8 Å². The van der Waals surface area contributed by atoms with Crippen LogP contribution < -0.4 is 10.0 Å². The van der Waals surface area contributed by atoms with Gasteiger partial charge in [0.05, 0.1) is 4.90 Å². The zero-order valence-electron chi connectivity index (χ0n) is 16.7. The molecule has 1 aromatic carbocycles. The molecule has 0 aliphatic heterocycles. The Hall–Kier alpha value is -2.48. The van der Waals surface area contributed by atoms with Gasteiger partial charge >= 0.3 is 0 Å². The minimum atomic E-state index is -3.77. The third-order valence-corrected chi connectivity index (χ3v) is 5.53. The van der Waals surface area contributed by atoms with Crippen LogP contribution in [0.3, 0.4) is 0 Å². The van der Waals surface area contributed by atoms with E-state index in [4.69, 9.17) is 0 Å². The highest BCUT2D eigenvalue weighted by Crippen LogP contribution is 2.18. The monoisotopic (exact) mass is 404 g/mol. The van der Waals surface area contributed by atoms with Gasteiger partial charge in [-0.25, -0.2) is 18.4 Å². The first-order valence-electron chi connectivity index (χ1n) is 9.55. The lowest BCUT2D eigenvalue weighted by molar-refractivity contribution is -0.116. The van der Waals surface area contributed by atoms with Crippen LogP contribution in [0.1, 0.15) is 57.0 Å². The highest BCUT2D eigenvalue weighted by Gasteiger charge is 2.15. The minimum Gasteiger partial charge on any atom is -0.326 e. The molecule has 1 aromatic heterocycles. The number of sulfonamides is 1. The zero-order chi connectivity index (χ0) is 20.6. The second kappa shape index (κ2) is 10.2. The molecule has 1 amide bonds. The summed E-state index contributed by atoms with van der Waals surface area (Å²) in [6, 6.07) is 7.65. The molecule has 2 N–H and O–H groups in total. The number of nitrogens with zero attached hydrogens (tertiary/aromatic N) is 2. The number of rotatable bonds is 10. The van der Waals surface area contributed by atoms with Crippen molar-refractivity contribution in [3.63, 3.8) is 0 Å². The number of aryl methyl sites for hydroxylation is 2. The first-order valence-corrected chi connectivity index (χ1v) is 11.0. The average Bonchev–Trinajstić information content (AvgIpc) is 2.60. The lowest BCUT2D eigenvalue weighted by Gasteiger charge is -2.10. The van der Waals surface area contributed by atoms with E-state index in [2.05, 4.69) is 26.9 Å². The van der Waals surface area contributed by atoms with E-state index < -0.39 is 10.0 Å². The quantitative estimate of drug-likeness (QED) is 0.578. The topological polar surface area (TPSA) is 101 Å². The molecule has 28 heavy (non-hydrogen) atoms. The van der Waals surface area contributed by atoms with E-state index in [1.165, 1.54) is 25.0 Å². The van der Waals surface area contributed by atoms with Crippen molar-refractivity contribution in [2.45, 2.75) is 64.2 Å². The fourth-order valence-corrected chi connectivity index (χ4v) is 3.79. The SMILES string of the molecule is CCCCCCCC(=O)Nc1ccc(S(=O)(=O)Nc2cc(C)nc(C)n2)cc1. The number of hydrogen-bond acceptors (Lipinski definition) is 5. The van der Waals surface area contributed by atoms with Crippen molar-refractivity contribution in [3.8, 4) is 0 Å². The van der Waals surface area contributed by atoms with Crippen LogP contribution >= 0.6 is 0 Å². The van der Waals surface area contributed by atoms with Gasteiger partial charge in [0.2, 0.25) is 5.91 Å². The Morgan fingerprint density at radius 1 is 1.00 bits per heavy atom. The maximum Gasteiger partial charge on any atom is 0.263 e. The molecule has 0 unspecified atom stereocenters. The third kappa shape index (κ3) is 6.92. The summed E-state index contributed by atoms with van der Waals surface area (Å²) in [6.45, 7) is 5.63. The molecule has 0 saturated carbocycles. The predicted molar refractivity (Wildman–Crippen MR) is 111 cm³/mol. The summed E-state index contributed by atoms with van der Waals surface area (Å²) in [7, 11) is -3.77. The van der Waals surface area contributed by atoms with Gasteiger partial charge in [0.1, 0.15) is 11.6 Å². The summed E-state index contributed by atoms with van der Waals surface area (Å²) in [5.41, 5.74) is 1.25. The van der Waals surface area contributed by atoms with E-state index in [-0.39, 0.29) is 16.6 Å². The third-order valence-electron chi connectivity index (χ3n) is 4.16. The van der Waals surface area contributed by atoms with Crippen LogP contribution in [0.4, 0.5) is 11.5 Å². The Bertz CT molecular complexity index is 876. The Morgan fingerprint density at radius 3 is 2.32 bits per heavy atom. The van der Waals surface area contributed by atoms with Gasteiger partial charge in [-0.1, -0.05) is 32.6 Å². The zero-order valence-corrected chi connectivity index (χ0v) is 17.5. The summed E-state index contributed by atoms with van der Waals surface area (Å²) in [6.07, 6.45) is 5.89. The van der Waals surface area contributed by atoms with E-state index in [1.54, 1.807) is 32.0 Å². The summed E-state index contributed by atoms with van der Waals surface area (Å²) in [5, 5.41) is 2.80. The summed E-state index contributed by atoms with van der Waals surface area (Å²) in [4.78, 5) is 20.3. The molecule has 152 valence electrons. The number of carbonyl (C=O) groups is 1. The van der Waals surface area contributed by atoms with E-state index in [9.17, 15) is 13.2 Å². The van der Waals surface area contributed by atoms with E-state index in [0.717, 1.165) is 19.3 Å². The number of anilines is 2. The normalized spacial score (nSPS) is 11.2. The van der Waals surface area contributed by atoms with Crippen LogP contribution in [0.25, 0.3) is 0 Å². The lowest BCUT2D eigenvalue weighted by atomic mass is 10.1. The van der Waals surface area contributed by atoms with Gasteiger partial charge in [0, 0.05) is 23.9 Å². The molecule has 0 bridgehead atoms. The number of nitrogens with one attached hydrogen (secondary N) is 2. The van der Waals surface area contributed by atoms with Crippen LogP contribution in [0.15, 0.2) is 35.2 Å². The highest BCUT2D eigenvalue weighted by molar-refractivity contribution is 7.92. The average molecular weight is 405 g/mol. The number of unbranched alkanes of at least 4 members (excludes halogenated alkanes) is 4. The summed E-state index contributed by atoms with van der Waals surface area (Å²) < 4.78 is 27.5. The van der Waals surface area contributed by atoms with Gasteiger partial charge in [0.25, 0.3) is 10.0 Å². The van der Waals surface area contributed by atoms with Gasteiger partial charge in [-0.2, -0.15) is 0 Å². The molecule has 0 aliphatic rings. The molecule has 0 spiro atoms. The molecular weight excluding hydrogens is 376 g/mol. The van der Waals surface area contributed by atoms with Crippen LogP contribution in [-0.4, -0.2) is 24.3 Å². The standard InChI is InChI=1S/C20H28N4O3S/c1-4-5-6-7-8-9-20(25)23-17-10-12-18(13-11-17)28(26,27)24-19-14-15(2)21-16(3)22-19/h10-14H,4-9H2,1-3H3,(H,23,25)(H,21,22,24).